The van der Waals surface area contributed by atoms with E-state index in [4.69, 9.17) is 14.9 Å². The smallest absolute Gasteiger partial charge is 0.407 e. The van der Waals surface area contributed by atoms with E-state index in [1.165, 1.54) is 0 Å². The number of carbonyl (C=O) groups excluding carboxylic acids is 1. The highest BCUT2D eigenvalue weighted by atomic mass is 16.5. The third-order valence-electron chi connectivity index (χ3n) is 3.16. The Morgan fingerprint density at radius 2 is 2.17 bits per heavy atom. The molecule has 1 amide bonds. The van der Waals surface area contributed by atoms with Crippen molar-refractivity contribution < 1.29 is 19.7 Å². The molecule has 2 atom stereocenters. The van der Waals surface area contributed by atoms with Gasteiger partial charge >= 0.3 is 6.09 Å². The number of rotatable bonds is 6. The van der Waals surface area contributed by atoms with E-state index in [1.54, 1.807) is 6.92 Å². The van der Waals surface area contributed by atoms with E-state index in [1.807, 2.05) is 0 Å². The summed E-state index contributed by atoms with van der Waals surface area (Å²) in [4.78, 5) is 13.5. The molecule has 0 spiro atoms. The first-order valence-corrected chi connectivity index (χ1v) is 6.57. The van der Waals surface area contributed by atoms with Gasteiger partial charge in [-0.25, -0.2) is 4.79 Å². The summed E-state index contributed by atoms with van der Waals surface area (Å²) in [5, 5.41) is 20.8. The van der Waals surface area contributed by atoms with Crippen molar-refractivity contribution in [1.82, 2.24) is 10.2 Å². The number of hydrogen-bond acceptors (Lipinski definition) is 5. The molecule has 1 rings (SSSR count). The Kier molecular flexibility index (Phi) is 7.00. The van der Waals surface area contributed by atoms with Gasteiger partial charge in [0.05, 0.1) is 13.2 Å². The van der Waals surface area contributed by atoms with Gasteiger partial charge in [-0.1, -0.05) is 0 Å². The lowest BCUT2D eigenvalue weighted by atomic mass is 9.92. The second-order valence-corrected chi connectivity index (χ2v) is 4.66. The zero-order valence-electron chi connectivity index (χ0n) is 11.0. The number of nitrogens with zero attached hydrogens (tertiary/aromatic N) is 1. The second kappa shape index (κ2) is 8.29. The number of piperidine rings is 1. The molecule has 1 aliphatic heterocycles. The molecule has 0 aromatic rings. The van der Waals surface area contributed by atoms with Gasteiger partial charge in [0, 0.05) is 32.3 Å². The minimum atomic E-state index is -0.393. The minimum absolute atomic E-state index is 0.0286. The Labute approximate surface area is 108 Å². The number of aliphatic hydroxyl groups excluding tert-OH is 2. The summed E-state index contributed by atoms with van der Waals surface area (Å²) in [6.07, 6.45) is 1.18. The van der Waals surface area contributed by atoms with Crippen LogP contribution in [0, 0.1) is 5.92 Å². The van der Waals surface area contributed by atoms with E-state index in [0.717, 1.165) is 25.9 Å². The van der Waals surface area contributed by atoms with Crippen LogP contribution in [0.3, 0.4) is 0 Å². The van der Waals surface area contributed by atoms with Crippen LogP contribution < -0.4 is 5.32 Å². The van der Waals surface area contributed by atoms with E-state index in [-0.39, 0.29) is 19.3 Å². The molecule has 18 heavy (non-hydrogen) atoms. The molecule has 1 heterocycles. The van der Waals surface area contributed by atoms with Crippen LogP contribution >= 0.6 is 0 Å². The van der Waals surface area contributed by atoms with Crippen LogP contribution in [0.1, 0.15) is 19.8 Å². The normalized spacial score (nSPS) is 24.8. The quantitative estimate of drug-likeness (QED) is 0.616. The zero-order valence-corrected chi connectivity index (χ0v) is 11.0. The van der Waals surface area contributed by atoms with Crippen molar-refractivity contribution in [1.29, 1.82) is 0 Å². The largest absolute Gasteiger partial charge is 0.450 e. The van der Waals surface area contributed by atoms with Crippen molar-refractivity contribution >= 4 is 6.09 Å². The Morgan fingerprint density at radius 3 is 2.78 bits per heavy atom. The third-order valence-corrected chi connectivity index (χ3v) is 3.16. The molecule has 2 unspecified atom stereocenters. The van der Waals surface area contributed by atoms with Crippen LogP contribution in [0.5, 0.6) is 0 Å². The first-order chi connectivity index (χ1) is 8.69. The summed E-state index contributed by atoms with van der Waals surface area (Å²) in [6, 6.07) is 0.0286. The molecular weight excluding hydrogens is 236 g/mol. The Bertz CT molecular complexity index is 236. The second-order valence-electron chi connectivity index (χ2n) is 4.66. The summed E-state index contributed by atoms with van der Waals surface area (Å²) in [5.74, 6) is 0.349. The highest BCUT2D eigenvalue weighted by molar-refractivity contribution is 5.67. The molecule has 0 radical (unpaired) electrons. The zero-order chi connectivity index (χ0) is 13.4. The van der Waals surface area contributed by atoms with E-state index < -0.39 is 6.09 Å². The number of ether oxygens (including phenoxy) is 1. The van der Waals surface area contributed by atoms with Gasteiger partial charge < -0.3 is 20.3 Å². The predicted octanol–water partition coefficient (Wildman–Crippen LogP) is -0.202. The molecule has 6 heteroatoms. The Hall–Kier alpha value is -0.850. The number of hydrogen-bond donors (Lipinski definition) is 3. The lowest BCUT2D eigenvalue weighted by Gasteiger charge is -2.37. The number of likely N-dealkylation sites (tertiary alicyclic amines) is 1. The first kappa shape index (κ1) is 15.2. The van der Waals surface area contributed by atoms with E-state index in [0.29, 0.717) is 19.1 Å². The van der Waals surface area contributed by atoms with Crippen LogP contribution in [0.2, 0.25) is 0 Å². The summed E-state index contributed by atoms with van der Waals surface area (Å²) >= 11 is 0. The van der Waals surface area contributed by atoms with Gasteiger partial charge in [0.2, 0.25) is 0 Å². The fraction of sp³-hybridized carbons (Fsp3) is 0.917. The van der Waals surface area contributed by atoms with Gasteiger partial charge in [-0.3, -0.25) is 4.90 Å². The van der Waals surface area contributed by atoms with Crippen molar-refractivity contribution in [2.75, 3.05) is 39.5 Å². The number of nitrogens with one attached hydrogen (secondary N) is 1. The van der Waals surface area contributed by atoms with Crippen LogP contribution in [-0.4, -0.2) is 66.7 Å². The SMILES string of the molecule is CCOC(=O)NC1CC(CCO)CN(CCO)C1. The van der Waals surface area contributed by atoms with Crippen molar-refractivity contribution in [3.8, 4) is 0 Å². The topological polar surface area (TPSA) is 82.0 Å². The third kappa shape index (κ3) is 5.20. The molecule has 0 aromatic carbocycles. The average molecular weight is 260 g/mol. The number of carbonyl (C=O) groups is 1. The lowest BCUT2D eigenvalue weighted by molar-refractivity contribution is 0.0941. The van der Waals surface area contributed by atoms with Gasteiger partial charge in [-0.05, 0) is 25.7 Å². The van der Waals surface area contributed by atoms with Gasteiger partial charge in [0.1, 0.15) is 0 Å². The van der Waals surface area contributed by atoms with Gasteiger partial charge in [0.15, 0.2) is 0 Å². The maximum atomic E-state index is 11.4. The van der Waals surface area contributed by atoms with Gasteiger partial charge in [-0.15, -0.1) is 0 Å². The molecule has 3 N–H and O–H groups in total. The highest BCUT2D eigenvalue weighted by Crippen LogP contribution is 2.19. The van der Waals surface area contributed by atoms with Crippen molar-refractivity contribution in [2.24, 2.45) is 5.92 Å². The van der Waals surface area contributed by atoms with E-state index in [9.17, 15) is 4.79 Å². The lowest BCUT2D eigenvalue weighted by Crippen LogP contribution is -2.51. The maximum absolute atomic E-state index is 11.4. The van der Waals surface area contributed by atoms with Crippen LogP contribution in [0.15, 0.2) is 0 Å². The van der Waals surface area contributed by atoms with Crippen molar-refractivity contribution in [3.05, 3.63) is 0 Å². The number of β-amino-alcohol motifs (C(OH)–C–C–N with tert-alkyl or cyclic N) is 1. The molecular formula is C12H24N2O4. The molecule has 1 fully saturated rings. The molecule has 0 aliphatic carbocycles. The molecule has 0 saturated carbocycles. The predicted molar refractivity (Wildman–Crippen MR) is 67.3 cm³/mol. The Balaban J connectivity index is 2.46. The van der Waals surface area contributed by atoms with Crippen molar-refractivity contribution in [3.63, 3.8) is 0 Å². The van der Waals surface area contributed by atoms with Crippen LogP contribution in [0.25, 0.3) is 0 Å². The number of aliphatic hydroxyl groups is 2. The van der Waals surface area contributed by atoms with Crippen LogP contribution in [-0.2, 0) is 4.74 Å². The van der Waals surface area contributed by atoms with E-state index in [2.05, 4.69) is 10.2 Å². The van der Waals surface area contributed by atoms with E-state index >= 15 is 0 Å². The molecule has 0 bridgehead atoms. The monoisotopic (exact) mass is 260 g/mol. The Morgan fingerprint density at radius 1 is 1.39 bits per heavy atom. The first-order valence-electron chi connectivity index (χ1n) is 6.57. The molecule has 0 aromatic heterocycles. The average Bonchev–Trinajstić information content (AvgIpc) is 2.29. The summed E-state index contributed by atoms with van der Waals surface area (Å²) in [5.41, 5.74) is 0. The summed E-state index contributed by atoms with van der Waals surface area (Å²) in [6.45, 7) is 4.58. The molecule has 6 nitrogen and oxygen atoms in total. The number of amides is 1. The molecule has 1 aliphatic rings. The van der Waals surface area contributed by atoms with Gasteiger partial charge in [-0.2, -0.15) is 0 Å². The van der Waals surface area contributed by atoms with Crippen molar-refractivity contribution in [2.45, 2.75) is 25.8 Å². The highest BCUT2D eigenvalue weighted by Gasteiger charge is 2.27. The molecule has 1 saturated heterocycles. The molecule has 106 valence electrons. The maximum Gasteiger partial charge on any atom is 0.407 e. The number of alkyl carbamates (subject to hydrolysis) is 1. The summed E-state index contributed by atoms with van der Waals surface area (Å²) in [7, 11) is 0. The fourth-order valence-electron chi connectivity index (χ4n) is 2.46. The fourth-order valence-corrected chi connectivity index (χ4v) is 2.46. The summed E-state index contributed by atoms with van der Waals surface area (Å²) < 4.78 is 4.87. The minimum Gasteiger partial charge on any atom is -0.450 e. The standard InChI is InChI=1S/C12H24N2O4/c1-2-18-12(17)13-11-7-10(3-5-15)8-14(9-11)4-6-16/h10-11,15-16H,2-9H2,1H3,(H,13,17). The van der Waals surface area contributed by atoms with Gasteiger partial charge in [0.25, 0.3) is 0 Å². The van der Waals surface area contributed by atoms with Crippen LogP contribution in [0.4, 0.5) is 4.79 Å².